The van der Waals surface area contributed by atoms with Gasteiger partial charge in [-0.2, -0.15) is 0 Å². The van der Waals surface area contributed by atoms with Crippen LogP contribution in [0.15, 0.2) is 12.4 Å². The second kappa shape index (κ2) is 5.42. The van der Waals surface area contributed by atoms with E-state index < -0.39 is 0 Å². The van der Waals surface area contributed by atoms with Gasteiger partial charge in [-0.25, -0.2) is 9.97 Å². The van der Waals surface area contributed by atoms with Crippen LogP contribution in [0.2, 0.25) is 0 Å². The zero-order valence-corrected chi connectivity index (χ0v) is 11.0. The summed E-state index contributed by atoms with van der Waals surface area (Å²) in [6.07, 6.45) is 5.07. The van der Waals surface area contributed by atoms with Crippen LogP contribution in [-0.2, 0) is 4.79 Å². The molecular weight excluding hydrogens is 242 g/mol. The van der Waals surface area contributed by atoms with Crippen molar-refractivity contribution in [3.8, 4) is 0 Å². The lowest BCUT2D eigenvalue weighted by Gasteiger charge is -2.33. The first kappa shape index (κ1) is 12.2. The summed E-state index contributed by atoms with van der Waals surface area (Å²) in [6, 6.07) is 2.07. The monoisotopic (exact) mass is 261 g/mol. The summed E-state index contributed by atoms with van der Waals surface area (Å²) in [5, 5.41) is 0. The zero-order chi connectivity index (χ0) is 13.1. The first-order chi connectivity index (χ1) is 9.36. The van der Waals surface area contributed by atoms with Crippen molar-refractivity contribution in [1.29, 1.82) is 0 Å². The summed E-state index contributed by atoms with van der Waals surface area (Å²) >= 11 is 0. The van der Waals surface area contributed by atoms with E-state index in [1.54, 1.807) is 11.2 Å². The molecular formula is C13H19N5O. The van der Waals surface area contributed by atoms with E-state index in [0.29, 0.717) is 0 Å². The van der Waals surface area contributed by atoms with Crippen LogP contribution in [0, 0.1) is 0 Å². The van der Waals surface area contributed by atoms with Crippen molar-refractivity contribution in [3.05, 3.63) is 12.4 Å². The molecule has 2 aliphatic rings. The number of hydrogen-bond donors (Lipinski definition) is 0. The topological polar surface area (TPSA) is 52.6 Å². The molecule has 1 amide bonds. The molecule has 0 N–H and O–H groups in total. The molecule has 6 heteroatoms. The van der Waals surface area contributed by atoms with Crippen molar-refractivity contribution in [2.75, 3.05) is 49.1 Å². The summed E-state index contributed by atoms with van der Waals surface area (Å²) in [6.45, 7) is 5.41. The zero-order valence-electron chi connectivity index (χ0n) is 11.0. The number of nitrogens with zero attached hydrogens (tertiary/aromatic N) is 5. The number of anilines is 2. The molecule has 19 heavy (non-hydrogen) atoms. The average Bonchev–Trinajstić information content (AvgIpc) is 3.02. The molecule has 1 aromatic heterocycles. The van der Waals surface area contributed by atoms with E-state index in [1.807, 2.05) is 0 Å². The number of rotatable bonds is 3. The molecule has 0 aliphatic carbocycles. The number of hydrogen-bond acceptors (Lipinski definition) is 5. The number of carbonyl (C=O) groups is 1. The van der Waals surface area contributed by atoms with Crippen molar-refractivity contribution < 1.29 is 4.79 Å². The molecule has 1 aromatic rings. The molecule has 2 fully saturated rings. The van der Waals surface area contributed by atoms with E-state index in [9.17, 15) is 4.79 Å². The van der Waals surface area contributed by atoms with Gasteiger partial charge in [0.1, 0.15) is 18.0 Å². The second-order valence-electron chi connectivity index (χ2n) is 5.06. The van der Waals surface area contributed by atoms with E-state index in [0.717, 1.165) is 57.3 Å². The largest absolute Gasteiger partial charge is 0.356 e. The lowest BCUT2D eigenvalue weighted by Crippen LogP contribution is -2.46. The van der Waals surface area contributed by atoms with Crippen LogP contribution in [-0.4, -0.2) is 60.5 Å². The van der Waals surface area contributed by atoms with Gasteiger partial charge in [0.15, 0.2) is 0 Å². The van der Waals surface area contributed by atoms with Gasteiger partial charge in [0.05, 0.1) is 0 Å². The summed E-state index contributed by atoms with van der Waals surface area (Å²) < 4.78 is 0. The molecule has 0 unspecified atom stereocenters. The molecule has 102 valence electrons. The number of amides is 1. The normalized spacial score (nSPS) is 19.9. The molecule has 0 bridgehead atoms. The van der Waals surface area contributed by atoms with Gasteiger partial charge in [0.2, 0.25) is 6.41 Å². The predicted molar refractivity (Wildman–Crippen MR) is 73.3 cm³/mol. The SMILES string of the molecule is O=CN1CCN(c2cc(N3CCCC3)ncn2)CC1. The van der Waals surface area contributed by atoms with Crippen molar-refractivity contribution in [3.63, 3.8) is 0 Å². The fourth-order valence-corrected chi connectivity index (χ4v) is 2.69. The predicted octanol–water partition coefficient (Wildman–Crippen LogP) is 0.355. The molecule has 6 nitrogen and oxygen atoms in total. The Morgan fingerprint density at radius 1 is 0.895 bits per heavy atom. The Balaban J connectivity index is 1.70. The summed E-state index contributed by atoms with van der Waals surface area (Å²) in [5.74, 6) is 2.00. The van der Waals surface area contributed by atoms with E-state index in [2.05, 4.69) is 25.8 Å². The van der Waals surface area contributed by atoms with E-state index in [1.165, 1.54) is 12.8 Å². The highest BCUT2D eigenvalue weighted by molar-refractivity contribution is 5.52. The summed E-state index contributed by atoms with van der Waals surface area (Å²) in [4.78, 5) is 25.8. The third-order valence-corrected chi connectivity index (χ3v) is 3.86. The van der Waals surface area contributed by atoms with Gasteiger partial charge in [-0.15, -0.1) is 0 Å². The summed E-state index contributed by atoms with van der Waals surface area (Å²) in [7, 11) is 0. The van der Waals surface area contributed by atoms with Crippen molar-refractivity contribution in [2.45, 2.75) is 12.8 Å². The van der Waals surface area contributed by atoms with Gasteiger partial charge in [-0.05, 0) is 12.8 Å². The van der Waals surface area contributed by atoms with Crippen molar-refractivity contribution >= 4 is 18.0 Å². The molecule has 0 aromatic carbocycles. The highest BCUT2D eigenvalue weighted by atomic mass is 16.1. The smallest absolute Gasteiger partial charge is 0.209 e. The van der Waals surface area contributed by atoms with Gasteiger partial charge in [0, 0.05) is 45.3 Å². The van der Waals surface area contributed by atoms with Crippen molar-refractivity contribution in [2.24, 2.45) is 0 Å². The van der Waals surface area contributed by atoms with Crippen LogP contribution in [0.1, 0.15) is 12.8 Å². The maximum Gasteiger partial charge on any atom is 0.209 e. The standard InChI is InChI=1S/C13H19N5O/c19-11-16-5-7-18(8-6-16)13-9-12(14-10-15-13)17-3-1-2-4-17/h9-11H,1-8H2. The Kier molecular flexibility index (Phi) is 3.48. The first-order valence-electron chi connectivity index (χ1n) is 6.88. The lowest BCUT2D eigenvalue weighted by atomic mass is 10.3. The van der Waals surface area contributed by atoms with Crippen LogP contribution in [0.5, 0.6) is 0 Å². The Hall–Kier alpha value is -1.85. The van der Waals surface area contributed by atoms with Crippen LogP contribution in [0.4, 0.5) is 11.6 Å². The quantitative estimate of drug-likeness (QED) is 0.735. The molecule has 0 saturated carbocycles. The van der Waals surface area contributed by atoms with E-state index >= 15 is 0 Å². The first-order valence-corrected chi connectivity index (χ1v) is 6.88. The van der Waals surface area contributed by atoms with Crippen LogP contribution in [0.25, 0.3) is 0 Å². The van der Waals surface area contributed by atoms with Crippen LogP contribution >= 0.6 is 0 Å². The van der Waals surface area contributed by atoms with Gasteiger partial charge in [-0.1, -0.05) is 0 Å². The second-order valence-corrected chi connectivity index (χ2v) is 5.06. The minimum atomic E-state index is 0.770. The van der Waals surface area contributed by atoms with Gasteiger partial charge >= 0.3 is 0 Å². The number of piperazine rings is 1. The van der Waals surface area contributed by atoms with Gasteiger partial charge < -0.3 is 14.7 Å². The van der Waals surface area contributed by atoms with Gasteiger partial charge in [0.25, 0.3) is 0 Å². The Labute approximate surface area is 113 Å². The molecule has 2 saturated heterocycles. The Morgan fingerprint density at radius 2 is 1.47 bits per heavy atom. The Bertz CT molecular complexity index is 438. The lowest BCUT2D eigenvalue weighted by molar-refractivity contribution is -0.118. The van der Waals surface area contributed by atoms with Crippen molar-refractivity contribution in [1.82, 2.24) is 14.9 Å². The molecule has 2 aliphatic heterocycles. The summed E-state index contributed by atoms with van der Waals surface area (Å²) in [5.41, 5.74) is 0. The van der Waals surface area contributed by atoms with Crippen LogP contribution < -0.4 is 9.80 Å². The minimum Gasteiger partial charge on any atom is -0.356 e. The maximum atomic E-state index is 10.7. The van der Waals surface area contributed by atoms with E-state index in [-0.39, 0.29) is 0 Å². The number of aromatic nitrogens is 2. The molecule has 3 rings (SSSR count). The minimum absolute atomic E-state index is 0.770. The van der Waals surface area contributed by atoms with E-state index in [4.69, 9.17) is 0 Å². The molecule has 0 atom stereocenters. The Morgan fingerprint density at radius 3 is 2.05 bits per heavy atom. The highest BCUT2D eigenvalue weighted by Gasteiger charge is 2.19. The highest BCUT2D eigenvalue weighted by Crippen LogP contribution is 2.21. The maximum absolute atomic E-state index is 10.7. The molecule has 0 radical (unpaired) electrons. The molecule has 0 spiro atoms. The molecule has 3 heterocycles. The average molecular weight is 261 g/mol. The number of carbonyl (C=O) groups excluding carboxylic acids is 1. The van der Waals surface area contributed by atoms with Crippen LogP contribution in [0.3, 0.4) is 0 Å². The third kappa shape index (κ3) is 2.62. The van der Waals surface area contributed by atoms with Gasteiger partial charge in [-0.3, -0.25) is 4.79 Å². The fraction of sp³-hybridized carbons (Fsp3) is 0.615. The third-order valence-electron chi connectivity index (χ3n) is 3.86. The fourth-order valence-electron chi connectivity index (χ4n) is 2.69.